The molecule has 1 heterocycles. The van der Waals surface area contributed by atoms with Crippen molar-refractivity contribution in [2.75, 3.05) is 17.2 Å². The molecule has 8 heteroatoms. The maximum atomic E-state index is 13.5. The van der Waals surface area contributed by atoms with E-state index >= 15 is 0 Å². The number of hydrogen-bond donors (Lipinski definition) is 2. The molecule has 0 aliphatic rings. The molecule has 3 aromatic rings. The Kier molecular flexibility index (Phi) is 6.76. The summed E-state index contributed by atoms with van der Waals surface area (Å²) in [5, 5.41) is 5.71. The fourth-order valence-electron chi connectivity index (χ4n) is 2.90. The van der Waals surface area contributed by atoms with Crippen molar-refractivity contribution in [3.8, 4) is 5.75 Å². The van der Waals surface area contributed by atoms with E-state index in [0.29, 0.717) is 23.7 Å². The summed E-state index contributed by atoms with van der Waals surface area (Å²) in [6, 6.07) is 14.4. The lowest BCUT2D eigenvalue weighted by atomic mass is 10.1. The number of hydrogen-bond acceptors (Lipinski definition) is 5. The molecule has 158 valence electrons. The molecule has 0 aliphatic carbocycles. The molecule has 0 saturated heterocycles. The van der Waals surface area contributed by atoms with Crippen LogP contribution < -0.4 is 15.4 Å². The molecule has 5 nitrogen and oxygen atoms in total. The van der Waals surface area contributed by atoms with Crippen molar-refractivity contribution in [3.63, 3.8) is 0 Å². The molecule has 1 aromatic heterocycles. The first-order chi connectivity index (χ1) is 14.4. The highest BCUT2D eigenvalue weighted by Gasteiger charge is 2.35. The van der Waals surface area contributed by atoms with E-state index in [1.54, 1.807) is 31.2 Å². The minimum Gasteiger partial charge on any atom is -0.492 e. The van der Waals surface area contributed by atoms with Gasteiger partial charge in [-0.1, -0.05) is 37.6 Å². The van der Waals surface area contributed by atoms with Crippen LogP contribution in [0.25, 0.3) is 0 Å². The van der Waals surface area contributed by atoms with E-state index in [9.17, 15) is 13.2 Å². The van der Waals surface area contributed by atoms with Crippen molar-refractivity contribution in [2.45, 2.75) is 32.9 Å². The fourth-order valence-corrected chi connectivity index (χ4v) is 2.90. The van der Waals surface area contributed by atoms with Gasteiger partial charge in [-0.05, 0) is 43.2 Å². The standard InChI is InChI=1S/C22H23F3N4O/c1-3-7-15-10-12-16(13-11-15)27-21-26-14-17(22(23,24)25)20(29-21)28-18-8-5-6-9-19(18)30-4-2/h5-6,8-14H,3-4,7H2,1-2H3,(H2,26,27,28,29). The van der Waals surface area contributed by atoms with Crippen molar-refractivity contribution >= 4 is 23.1 Å². The van der Waals surface area contributed by atoms with Gasteiger partial charge in [0.1, 0.15) is 17.1 Å². The summed E-state index contributed by atoms with van der Waals surface area (Å²) in [4.78, 5) is 7.93. The molecule has 0 amide bonds. The van der Waals surface area contributed by atoms with E-state index in [1.165, 1.54) is 5.56 Å². The summed E-state index contributed by atoms with van der Waals surface area (Å²) in [6.45, 7) is 4.28. The Morgan fingerprint density at radius 1 is 0.967 bits per heavy atom. The monoisotopic (exact) mass is 416 g/mol. The van der Waals surface area contributed by atoms with E-state index in [-0.39, 0.29) is 11.8 Å². The number of halogens is 3. The van der Waals surface area contributed by atoms with Gasteiger partial charge in [0.25, 0.3) is 0 Å². The Labute approximate surface area is 173 Å². The number of ether oxygens (including phenoxy) is 1. The third-order valence-corrected chi connectivity index (χ3v) is 4.28. The molecule has 0 spiro atoms. The Balaban J connectivity index is 1.91. The van der Waals surface area contributed by atoms with Gasteiger partial charge in [-0.3, -0.25) is 0 Å². The lowest BCUT2D eigenvalue weighted by molar-refractivity contribution is -0.137. The van der Waals surface area contributed by atoms with Crippen LogP contribution in [0.15, 0.2) is 54.7 Å². The Morgan fingerprint density at radius 2 is 1.70 bits per heavy atom. The second-order valence-corrected chi connectivity index (χ2v) is 6.58. The zero-order chi connectivity index (χ0) is 21.6. The smallest absolute Gasteiger partial charge is 0.421 e. The number of nitrogens with one attached hydrogen (secondary N) is 2. The summed E-state index contributed by atoms with van der Waals surface area (Å²) < 4.78 is 46.0. The number of alkyl halides is 3. The van der Waals surface area contributed by atoms with Crippen molar-refractivity contribution in [2.24, 2.45) is 0 Å². The molecular weight excluding hydrogens is 393 g/mol. The van der Waals surface area contributed by atoms with Crippen LogP contribution in [0.3, 0.4) is 0 Å². The van der Waals surface area contributed by atoms with Crippen LogP contribution in [0.5, 0.6) is 5.75 Å². The van der Waals surface area contributed by atoms with Gasteiger partial charge in [0, 0.05) is 11.9 Å². The summed E-state index contributed by atoms with van der Waals surface area (Å²) in [5.74, 6) is 0.144. The third-order valence-electron chi connectivity index (χ3n) is 4.28. The molecule has 2 N–H and O–H groups in total. The maximum absolute atomic E-state index is 13.5. The van der Waals surface area contributed by atoms with Gasteiger partial charge in [-0.15, -0.1) is 0 Å². The van der Waals surface area contributed by atoms with Crippen molar-refractivity contribution < 1.29 is 17.9 Å². The summed E-state index contributed by atoms with van der Waals surface area (Å²) in [5.41, 5.74) is 1.30. The van der Waals surface area contributed by atoms with Gasteiger partial charge in [-0.2, -0.15) is 18.2 Å². The minimum atomic E-state index is -4.61. The largest absolute Gasteiger partial charge is 0.492 e. The molecule has 0 saturated carbocycles. The normalized spacial score (nSPS) is 11.2. The molecule has 0 atom stereocenters. The highest BCUT2D eigenvalue weighted by atomic mass is 19.4. The highest BCUT2D eigenvalue weighted by Crippen LogP contribution is 2.37. The van der Waals surface area contributed by atoms with E-state index in [4.69, 9.17) is 4.74 Å². The summed E-state index contributed by atoms with van der Waals surface area (Å²) in [7, 11) is 0. The molecule has 0 radical (unpaired) electrons. The number of nitrogens with zero attached hydrogens (tertiary/aromatic N) is 2. The average Bonchev–Trinajstić information content (AvgIpc) is 2.71. The fraction of sp³-hybridized carbons (Fsp3) is 0.273. The van der Waals surface area contributed by atoms with Crippen LogP contribution >= 0.6 is 0 Å². The molecule has 3 rings (SSSR count). The Morgan fingerprint density at radius 3 is 2.37 bits per heavy atom. The van der Waals surface area contributed by atoms with Crippen LogP contribution in [0.2, 0.25) is 0 Å². The van der Waals surface area contributed by atoms with Crippen LogP contribution in [0.1, 0.15) is 31.4 Å². The van der Waals surface area contributed by atoms with E-state index in [0.717, 1.165) is 19.0 Å². The van der Waals surface area contributed by atoms with Gasteiger partial charge < -0.3 is 15.4 Å². The number of benzene rings is 2. The zero-order valence-corrected chi connectivity index (χ0v) is 16.8. The van der Waals surface area contributed by atoms with E-state index in [2.05, 4.69) is 27.5 Å². The second-order valence-electron chi connectivity index (χ2n) is 6.58. The van der Waals surface area contributed by atoms with Crippen molar-refractivity contribution in [1.82, 2.24) is 9.97 Å². The first-order valence-electron chi connectivity index (χ1n) is 9.69. The first kappa shape index (κ1) is 21.4. The predicted octanol–water partition coefficient (Wildman–Crippen LogP) is 6.33. The quantitative estimate of drug-likeness (QED) is 0.449. The number of para-hydroxylation sites is 2. The SMILES string of the molecule is CCCc1ccc(Nc2ncc(C(F)(F)F)c(Nc3ccccc3OCC)n2)cc1. The number of rotatable bonds is 8. The number of anilines is 4. The molecule has 0 aliphatic heterocycles. The van der Waals surface area contributed by atoms with Crippen LogP contribution in [-0.2, 0) is 12.6 Å². The van der Waals surface area contributed by atoms with Crippen molar-refractivity contribution in [3.05, 3.63) is 65.9 Å². The minimum absolute atomic E-state index is 0.0580. The number of aryl methyl sites for hydroxylation is 1. The molecular formula is C22H23F3N4O. The summed E-state index contributed by atoms with van der Waals surface area (Å²) in [6.07, 6.45) is -1.84. The van der Waals surface area contributed by atoms with Crippen molar-refractivity contribution in [1.29, 1.82) is 0 Å². The van der Waals surface area contributed by atoms with Gasteiger partial charge in [0.05, 0.1) is 12.3 Å². The molecule has 30 heavy (non-hydrogen) atoms. The van der Waals surface area contributed by atoms with E-state index in [1.807, 2.05) is 24.3 Å². The highest BCUT2D eigenvalue weighted by molar-refractivity contribution is 5.67. The van der Waals surface area contributed by atoms with E-state index < -0.39 is 11.7 Å². The van der Waals surface area contributed by atoms with Gasteiger partial charge in [-0.25, -0.2) is 4.98 Å². The topological polar surface area (TPSA) is 59.1 Å². The van der Waals surface area contributed by atoms with Gasteiger partial charge in [0.15, 0.2) is 0 Å². The molecule has 0 unspecified atom stereocenters. The molecule has 2 aromatic carbocycles. The summed E-state index contributed by atoms with van der Waals surface area (Å²) >= 11 is 0. The van der Waals surface area contributed by atoms with Crippen LogP contribution in [0, 0.1) is 0 Å². The lowest BCUT2D eigenvalue weighted by Crippen LogP contribution is -2.13. The van der Waals surface area contributed by atoms with Gasteiger partial charge in [0.2, 0.25) is 5.95 Å². The van der Waals surface area contributed by atoms with Gasteiger partial charge >= 0.3 is 6.18 Å². The Bertz CT molecular complexity index is 975. The molecule has 0 fully saturated rings. The first-order valence-corrected chi connectivity index (χ1v) is 9.69. The number of aromatic nitrogens is 2. The Hall–Kier alpha value is -3.29. The lowest BCUT2D eigenvalue weighted by Gasteiger charge is -2.16. The predicted molar refractivity (Wildman–Crippen MR) is 112 cm³/mol. The third kappa shape index (κ3) is 5.40. The average molecular weight is 416 g/mol. The maximum Gasteiger partial charge on any atom is 0.421 e. The van der Waals surface area contributed by atoms with Crippen LogP contribution in [0.4, 0.5) is 36.3 Å². The molecule has 0 bridgehead atoms. The van der Waals surface area contributed by atoms with Crippen LogP contribution in [-0.4, -0.2) is 16.6 Å². The zero-order valence-electron chi connectivity index (χ0n) is 16.8. The second kappa shape index (κ2) is 9.47.